The number of rotatable bonds is 4. The average Bonchev–Trinajstić information content (AvgIpc) is 2.42. The molecule has 0 aromatic heterocycles. The normalized spacial score (nSPS) is 25.3. The van der Waals surface area contributed by atoms with Crippen molar-refractivity contribution in [2.24, 2.45) is 17.7 Å². The molecule has 1 saturated carbocycles. The van der Waals surface area contributed by atoms with Crippen LogP contribution >= 0.6 is 15.9 Å². The van der Waals surface area contributed by atoms with E-state index in [1.807, 2.05) is 0 Å². The molecule has 0 spiro atoms. The zero-order chi connectivity index (χ0) is 13.8. The highest BCUT2D eigenvalue weighted by Gasteiger charge is 2.29. The second-order valence-corrected chi connectivity index (χ2v) is 6.72. The predicted molar refractivity (Wildman–Crippen MR) is 84.7 cm³/mol. The maximum absolute atomic E-state index is 5.86. The highest BCUT2D eigenvalue weighted by atomic mass is 79.9. The first-order valence-electron chi connectivity index (χ1n) is 7.37. The Morgan fingerprint density at radius 2 is 2.21 bits per heavy atom. The summed E-state index contributed by atoms with van der Waals surface area (Å²) < 4.78 is 1.18. The van der Waals surface area contributed by atoms with Crippen molar-refractivity contribution in [1.29, 1.82) is 0 Å². The molecule has 3 unspecified atom stereocenters. The maximum Gasteiger partial charge on any atom is 0.0499 e. The minimum Gasteiger partial charge on any atom is -0.271 e. The molecule has 106 valence electrons. The number of aryl methyl sites for hydroxylation is 1. The van der Waals surface area contributed by atoms with Crippen LogP contribution < -0.4 is 11.3 Å². The lowest BCUT2D eigenvalue weighted by Crippen LogP contribution is -2.36. The SMILES string of the molecule is CCC1CCCC(C(NN)c2ccc(C)cc2Br)C1. The molecule has 0 saturated heterocycles. The van der Waals surface area contributed by atoms with Crippen LogP contribution in [0.4, 0.5) is 0 Å². The zero-order valence-corrected chi connectivity index (χ0v) is 13.5. The molecule has 1 aromatic carbocycles. The van der Waals surface area contributed by atoms with Gasteiger partial charge >= 0.3 is 0 Å². The first kappa shape index (κ1) is 15.0. The van der Waals surface area contributed by atoms with Crippen molar-refractivity contribution < 1.29 is 0 Å². The quantitative estimate of drug-likeness (QED) is 0.633. The third-order valence-electron chi connectivity index (χ3n) is 4.54. The number of nitrogens with two attached hydrogens (primary N) is 1. The molecule has 3 heteroatoms. The second-order valence-electron chi connectivity index (χ2n) is 5.87. The largest absolute Gasteiger partial charge is 0.271 e. The molecule has 2 nitrogen and oxygen atoms in total. The van der Waals surface area contributed by atoms with Crippen LogP contribution in [0.25, 0.3) is 0 Å². The standard InChI is InChI=1S/C16H25BrN2/c1-3-12-5-4-6-13(10-12)16(19-18)14-8-7-11(2)9-15(14)17/h7-9,12-13,16,19H,3-6,10,18H2,1-2H3. The third kappa shape index (κ3) is 3.59. The Morgan fingerprint density at radius 3 is 2.84 bits per heavy atom. The monoisotopic (exact) mass is 324 g/mol. The Balaban J connectivity index is 2.19. The fraction of sp³-hybridized carbons (Fsp3) is 0.625. The van der Waals surface area contributed by atoms with E-state index in [0.29, 0.717) is 5.92 Å². The molecule has 0 heterocycles. The summed E-state index contributed by atoms with van der Waals surface area (Å²) in [6, 6.07) is 6.83. The number of hydrogen-bond acceptors (Lipinski definition) is 2. The number of halogens is 1. The number of benzene rings is 1. The van der Waals surface area contributed by atoms with Gasteiger partial charge in [0.15, 0.2) is 0 Å². The van der Waals surface area contributed by atoms with E-state index >= 15 is 0 Å². The van der Waals surface area contributed by atoms with Gasteiger partial charge in [-0.15, -0.1) is 0 Å². The second kappa shape index (κ2) is 6.87. The molecule has 1 fully saturated rings. The van der Waals surface area contributed by atoms with E-state index in [4.69, 9.17) is 5.84 Å². The Bertz CT molecular complexity index is 419. The van der Waals surface area contributed by atoms with Crippen LogP contribution in [0.1, 0.15) is 56.2 Å². The predicted octanol–water partition coefficient (Wildman–Crippen LogP) is 4.48. The minimum atomic E-state index is 0.268. The Morgan fingerprint density at radius 1 is 1.42 bits per heavy atom. The zero-order valence-electron chi connectivity index (χ0n) is 12.0. The van der Waals surface area contributed by atoms with Crippen molar-refractivity contribution in [3.05, 3.63) is 33.8 Å². The topological polar surface area (TPSA) is 38.0 Å². The van der Waals surface area contributed by atoms with E-state index in [1.165, 1.54) is 47.7 Å². The fourth-order valence-electron chi connectivity index (χ4n) is 3.37. The third-order valence-corrected chi connectivity index (χ3v) is 5.23. The molecule has 0 radical (unpaired) electrons. The summed E-state index contributed by atoms with van der Waals surface area (Å²) >= 11 is 3.69. The van der Waals surface area contributed by atoms with E-state index in [1.54, 1.807) is 0 Å². The summed E-state index contributed by atoms with van der Waals surface area (Å²) in [7, 11) is 0. The Labute approximate surface area is 125 Å². The average molecular weight is 325 g/mol. The summed E-state index contributed by atoms with van der Waals surface area (Å²) in [6.45, 7) is 4.42. The summed E-state index contributed by atoms with van der Waals surface area (Å²) in [6.07, 6.45) is 6.60. The van der Waals surface area contributed by atoms with Crippen LogP contribution in [-0.2, 0) is 0 Å². The Kier molecular flexibility index (Phi) is 5.43. The number of nitrogens with one attached hydrogen (secondary N) is 1. The molecular formula is C16H25BrN2. The van der Waals surface area contributed by atoms with Crippen molar-refractivity contribution >= 4 is 15.9 Å². The van der Waals surface area contributed by atoms with E-state index < -0.39 is 0 Å². The van der Waals surface area contributed by atoms with Gasteiger partial charge < -0.3 is 0 Å². The van der Waals surface area contributed by atoms with Gasteiger partial charge in [0, 0.05) is 10.5 Å². The van der Waals surface area contributed by atoms with Gasteiger partial charge in [-0.25, -0.2) is 0 Å². The molecular weight excluding hydrogens is 300 g/mol. The summed E-state index contributed by atoms with van der Waals surface area (Å²) in [5, 5.41) is 0. The van der Waals surface area contributed by atoms with Gasteiger partial charge in [-0.05, 0) is 48.8 Å². The van der Waals surface area contributed by atoms with Gasteiger partial charge in [0.2, 0.25) is 0 Å². The van der Waals surface area contributed by atoms with E-state index in [-0.39, 0.29) is 6.04 Å². The first-order valence-corrected chi connectivity index (χ1v) is 8.17. The van der Waals surface area contributed by atoms with Crippen LogP contribution in [0.15, 0.2) is 22.7 Å². The van der Waals surface area contributed by atoms with Gasteiger partial charge in [0.1, 0.15) is 0 Å². The molecule has 0 amide bonds. The molecule has 1 aliphatic rings. The lowest BCUT2D eigenvalue weighted by atomic mass is 9.75. The lowest BCUT2D eigenvalue weighted by molar-refractivity contribution is 0.209. The van der Waals surface area contributed by atoms with Crippen molar-refractivity contribution in [1.82, 2.24) is 5.43 Å². The first-order chi connectivity index (χ1) is 9.15. The summed E-state index contributed by atoms with van der Waals surface area (Å²) in [5.41, 5.74) is 5.64. The van der Waals surface area contributed by atoms with Crippen LogP contribution in [0, 0.1) is 18.8 Å². The smallest absolute Gasteiger partial charge is 0.0499 e. The van der Waals surface area contributed by atoms with Crippen LogP contribution in [0.5, 0.6) is 0 Å². The molecule has 19 heavy (non-hydrogen) atoms. The molecule has 3 N–H and O–H groups in total. The minimum absolute atomic E-state index is 0.268. The molecule has 1 aromatic rings. The highest BCUT2D eigenvalue weighted by Crippen LogP contribution is 2.40. The van der Waals surface area contributed by atoms with E-state index in [9.17, 15) is 0 Å². The van der Waals surface area contributed by atoms with Crippen molar-refractivity contribution in [3.8, 4) is 0 Å². The lowest BCUT2D eigenvalue weighted by Gasteiger charge is -2.34. The van der Waals surface area contributed by atoms with Crippen LogP contribution in [0.3, 0.4) is 0 Å². The molecule has 2 rings (SSSR count). The van der Waals surface area contributed by atoms with Crippen LogP contribution in [-0.4, -0.2) is 0 Å². The van der Waals surface area contributed by atoms with E-state index in [2.05, 4.69) is 53.4 Å². The maximum atomic E-state index is 5.86. The van der Waals surface area contributed by atoms with E-state index in [0.717, 1.165) is 5.92 Å². The molecule has 1 aliphatic carbocycles. The molecule has 3 atom stereocenters. The fourth-order valence-corrected chi connectivity index (χ4v) is 4.11. The van der Waals surface area contributed by atoms with Gasteiger partial charge in [0.25, 0.3) is 0 Å². The number of hydrogen-bond donors (Lipinski definition) is 2. The number of hydrazine groups is 1. The summed E-state index contributed by atoms with van der Waals surface area (Å²) in [5.74, 6) is 7.39. The van der Waals surface area contributed by atoms with Crippen molar-refractivity contribution in [2.45, 2.75) is 52.0 Å². The summed E-state index contributed by atoms with van der Waals surface area (Å²) in [4.78, 5) is 0. The van der Waals surface area contributed by atoms with Crippen molar-refractivity contribution in [2.75, 3.05) is 0 Å². The van der Waals surface area contributed by atoms with Crippen molar-refractivity contribution in [3.63, 3.8) is 0 Å². The molecule has 0 aliphatic heterocycles. The van der Waals surface area contributed by atoms with Gasteiger partial charge in [-0.3, -0.25) is 11.3 Å². The van der Waals surface area contributed by atoms with Crippen LogP contribution in [0.2, 0.25) is 0 Å². The molecule has 0 bridgehead atoms. The van der Waals surface area contributed by atoms with Gasteiger partial charge in [-0.1, -0.05) is 54.2 Å². The van der Waals surface area contributed by atoms with Gasteiger partial charge in [-0.2, -0.15) is 0 Å². The highest BCUT2D eigenvalue weighted by molar-refractivity contribution is 9.10. The van der Waals surface area contributed by atoms with Gasteiger partial charge in [0.05, 0.1) is 0 Å². The Hall–Kier alpha value is -0.380.